The molecule has 216 valence electrons. The molecular weight excluding hydrogens is 556 g/mol. The minimum Gasteiger partial charge on any atom is -0.309 e. The monoisotopic (exact) mass is 586 g/mol. The predicted molar refractivity (Wildman–Crippen MR) is 193 cm³/mol. The van der Waals surface area contributed by atoms with Crippen LogP contribution in [0.15, 0.2) is 146 Å². The number of anilines is 3. The molecule has 8 aromatic carbocycles. The molecule has 2 nitrogen and oxygen atoms in total. The van der Waals surface area contributed by atoms with E-state index in [0.717, 1.165) is 17.1 Å². The van der Waals surface area contributed by atoms with Gasteiger partial charge in [0.05, 0.1) is 23.0 Å². The van der Waals surface area contributed by atoms with Crippen molar-refractivity contribution in [2.45, 2.75) is 19.3 Å². The Morgan fingerprint density at radius 1 is 0.522 bits per heavy atom. The highest BCUT2D eigenvalue weighted by molar-refractivity contribution is 6.17. The minimum atomic E-state index is -0.0754. The fourth-order valence-electron chi connectivity index (χ4n) is 7.78. The molecule has 0 saturated heterocycles. The minimum absolute atomic E-state index is 0.0754. The average molecular weight is 587 g/mol. The van der Waals surface area contributed by atoms with Crippen molar-refractivity contribution >= 4 is 60.2 Å². The maximum atomic E-state index is 9.54. The summed E-state index contributed by atoms with van der Waals surface area (Å²) in [5.41, 5.74) is 9.05. The largest absolute Gasteiger partial charge is 0.309 e. The van der Waals surface area contributed by atoms with Gasteiger partial charge in [0.25, 0.3) is 0 Å². The molecule has 9 rings (SSSR count). The second-order valence-corrected chi connectivity index (χ2v) is 12.9. The summed E-state index contributed by atoms with van der Waals surface area (Å²) < 4.78 is 0. The highest BCUT2D eigenvalue weighted by Crippen LogP contribution is 2.51. The van der Waals surface area contributed by atoms with Gasteiger partial charge in [-0.25, -0.2) is 0 Å². The molecule has 2 heteroatoms. The first-order chi connectivity index (χ1) is 22.5. The fourth-order valence-corrected chi connectivity index (χ4v) is 7.78. The van der Waals surface area contributed by atoms with Crippen molar-refractivity contribution in [2.24, 2.45) is 0 Å². The molecular formula is C44H30N2. The van der Waals surface area contributed by atoms with Gasteiger partial charge in [-0.15, -0.1) is 0 Å². The molecule has 0 bridgehead atoms. The first-order valence-electron chi connectivity index (χ1n) is 15.8. The van der Waals surface area contributed by atoms with E-state index in [9.17, 15) is 5.26 Å². The Hall–Kier alpha value is -5.91. The van der Waals surface area contributed by atoms with Crippen LogP contribution >= 0.6 is 0 Å². The molecule has 1 aliphatic carbocycles. The average Bonchev–Trinajstić information content (AvgIpc) is 3.34. The summed E-state index contributed by atoms with van der Waals surface area (Å²) in [5.74, 6) is 0. The predicted octanol–water partition coefficient (Wildman–Crippen LogP) is 11.9. The van der Waals surface area contributed by atoms with E-state index in [0.29, 0.717) is 5.56 Å². The van der Waals surface area contributed by atoms with Gasteiger partial charge in [0.2, 0.25) is 0 Å². The summed E-state index contributed by atoms with van der Waals surface area (Å²) in [6.45, 7) is 4.72. The lowest BCUT2D eigenvalue weighted by Gasteiger charge is -2.29. The Kier molecular flexibility index (Phi) is 5.64. The van der Waals surface area contributed by atoms with Crippen LogP contribution in [-0.2, 0) is 5.41 Å². The molecule has 46 heavy (non-hydrogen) atoms. The van der Waals surface area contributed by atoms with Crippen molar-refractivity contribution in [2.75, 3.05) is 4.90 Å². The number of benzene rings is 8. The van der Waals surface area contributed by atoms with Crippen LogP contribution in [0, 0.1) is 11.3 Å². The summed E-state index contributed by atoms with van der Waals surface area (Å²) in [6, 6.07) is 54.6. The normalized spacial score (nSPS) is 13.2. The van der Waals surface area contributed by atoms with E-state index >= 15 is 0 Å². The van der Waals surface area contributed by atoms with E-state index < -0.39 is 0 Å². The third-order valence-corrected chi connectivity index (χ3v) is 10.0. The number of nitrogens with zero attached hydrogens (tertiary/aromatic N) is 2. The standard InChI is InChI=1S/C44H30N2/c1-44(2)38-15-7-11-30-19-20-31-25-32(26-39(44)43(31)42(30)38)34-23-24-41(37-14-6-5-13-36(34)37)46(33-21-17-28(27-45)18-22-33)40-16-8-10-29-9-3-4-12-35(29)40/h3-26H,1-2H3. The molecule has 0 heterocycles. The number of hydrogen-bond acceptors (Lipinski definition) is 2. The zero-order chi connectivity index (χ0) is 31.0. The van der Waals surface area contributed by atoms with Crippen molar-refractivity contribution in [3.05, 3.63) is 162 Å². The number of nitriles is 1. The van der Waals surface area contributed by atoms with Crippen molar-refractivity contribution < 1.29 is 0 Å². The number of fused-ring (bicyclic) bond motifs is 2. The molecule has 0 aliphatic heterocycles. The summed E-state index contributed by atoms with van der Waals surface area (Å²) in [5, 5.41) is 19.7. The van der Waals surface area contributed by atoms with Crippen LogP contribution in [0.1, 0.15) is 30.5 Å². The summed E-state index contributed by atoms with van der Waals surface area (Å²) >= 11 is 0. The Morgan fingerprint density at radius 3 is 2.00 bits per heavy atom. The van der Waals surface area contributed by atoms with Gasteiger partial charge in [-0.05, 0) is 103 Å². The Morgan fingerprint density at radius 2 is 1.17 bits per heavy atom. The summed E-state index contributed by atoms with van der Waals surface area (Å²) in [7, 11) is 0. The van der Waals surface area contributed by atoms with Crippen LogP contribution in [0.25, 0.3) is 54.2 Å². The van der Waals surface area contributed by atoms with Gasteiger partial charge in [-0.3, -0.25) is 0 Å². The molecule has 0 aromatic heterocycles. The summed E-state index contributed by atoms with van der Waals surface area (Å²) in [6.07, 6.45) is 0. The smallest absolute Gasteiger partial charge is 0.0991 e. The Balaban J connectivity index is 1.29. The molecule has 0 radical (unpaired) electrons. The van der Waals surface area contributed by atoms with E-state index in [-0.39, 0.29) is 5.41 Å². The van der Waals surface area contributed by atoms with Gasteiger partial charge in [-0.2, -0.15) is 5.26 Å². The fraction of sp³-hybridized carbons (Fsp3) is 0.0682. The number of rotatable bonds is 4. The molecule has 8 aromatic rings. The van der Waals surface area contributed by atoms with Gasteiger partial charge in [-0.1, -0.05) is 111 Å². The van der Waals surface area contributed by atoms with Gasteiger partial charge in [0.15, 0.2) is 0 Å². The highest BCUT2D eigenvalue weighted by Gasteiger charge is 2.34. The van der Waals surface area contributed by atoms with E-state index in [1.807, 2.05) is 12.1 Å². The third-order valence-electron chi connectivity index (χ3n) is 10.0. The van der Waals surface area contributed by atoms with Crippen molar-refractivity contribution in [3.8, 4) is 17.2 Å². The first-order valence-corrected chi connectivity index (χ1v) is 15.8. The lowest BCUT2D eigenvalue weighted by atomic mass is 9.80. The zero-order valence-electron chi connectivity index (χ0n) is 25.8. The van der Waals surface area contributed by atoms with E-state index in [1.165, 1.54) is 65.3 Å². The molecule has 0 atom stereocenters. The maximum Gasteiger partial charge on any atom is 0.0991 e. The van der Waals surface area contributed by atoms with Gasteiger partial charge < -0.3 is 4.90 Å². The zero-order valence-corrected chi connectivity index (χ0v) is 25.8. The molecule has 0 fully saturated rings. The quantitative estimate of drug-likeness (QED) is 0.192. The van der Waals surface area contributed by atoms with E-state index in [2.05, 4.69) is 158 Å². The second-order valence-electron chi connectivity index (χ2n) is 12.9. The van der Waals surface area contributed by atoms with Crippen molar-refractivity contribution in [3.63, 3.8) is 0 Å². The first kappa shape index (κ1) is 26.5. The molecule has 0 amide bonds. The topological polar surface area (TPSA) is 27.0 Å². The van der Waals surface area contributed by atoms with Crippen LogP contribution < -0.4 is 4.90 Å². The molecule has 0 spiro atoms. The highest BCUT2D eigenvalue weighted by atomic mass is 15.1. The Labute approximate surface area is 268 Å². The van der Waals surface area contributed by atoms with Crippen LogP contribution in [0.3, 0.4) is 0 Å². The molecule has 1 aliphatic rings. The van der Waals surface area contributed by atoms with Crippen LogP contribution in [0.4, 0.5) is 17.1 Å². The molecule has 0 N–H and O–H groups in total. The maximum absolute atomic E-state index is 9.54. The Bertz CT molecular complexity index is 2560. The number of hydrogen-bond donors (Lipinski definition) is 0. The molecule has 0 unspecified atom stereocenters. The lowest BCUT2D eigenvalue weighted by Crippen LogP contribution is -2.15. The van der Waals surface area contributed by atoms with Crippen LogP contribution in [0.5, 0.6) is 0 Å². The van der Waals surface area contributed by atoms with Crippen LogP contribution in [-0.4, -0.2) is 0 Å². The van der Waals surface area contributed by atoms with Crippen molar-refractivity contribution in [1.82, 2.24) is 0 Å². The van der Waals surface area contributed by atoms with Crippen molar-refractivity contribution in [1.29, 1.82) is 5.26 Å². The van der Waals surface area contributed by atoms with Gasteiger partial charge >= 0.3 is 0 Å². The summed E-state index contributed by atoms with van der Waals surface area (Å²) in [4.78, 5) is 2.34. The lowest BCUT2D eigenvalue weighted by molar-refractivity contribution is 0.663. The van der Waals surface area contributed by atoms with Gasteiger partial charge in [0.1, 0.15) is 0 Å². The molecule has 0 saturated carbocycles. The SMILES string of the molecule is CC1(C)c2cccc3ccc4cc(-c5ccc(N(c6ccc(C#N)cc6)c6cccc7ccccc67)c6ccccc56)cc1c4c23. The van der Waals surface area contributed by atoms with Gasteiger partial charge in [0, 0.05) is 21.9 Å². The van der Waals surface area contributed by atoms with E-state index in [4.69, 9.17) is 0 Å². The second kappa shape index (κ2) is 9.80. The van der Waals surface area contributed by atoms with E-state index in [1.54, 1.807) is 0 Å². The third kappa shape index (κ3) is 3.76. The van der Waals surface area contributed by atoms with Crippen LogP contribution in [0.2, 0.25) is 0 Å².